The predicted octanol–water partition coefficient (Wildman–Crippen LogP) is 2.53. The summed E-state index contributed by atoms with van der Waals surface area (Å²) < 4.78 is 0. The highest BCUT2D eigenvalue weighted by molar-refractivity contribution is 7.08. The number of hydrogen-bond acceptors (Lipinski definition) is 3. The van der Waals surface area contributed by atoms with Gasteiger partial charge in [0.05, 0.1) is 0 Å². The lowest BCUT2D eigenvalue weighted by atomic mass is 10.0. The van der Waals surface area contributed by atoms with Gasteiger partial charge in [0.15, 0.2) is 5.78 Å². The smallest absolute Gasteiger partial charge is 0.159 e. The molecule has 0 bridgehead atoms. The second kappa shape index (κ2) is 3.49. The monoisotopic (exact) mass is 219 g/mol. The Morgan fingerprint density at radius 3 is 3.20 bits per heavy atom. The van der Waals surface area contributed by atoms with Crippen molar-refractivity contribution in [1.82, 2.24) is 4.90 Å². The average molecular weight is 219 g/mol. The summed E-state index contributed by atoms with van der Waals surface area (Å²) in [4.78, 5) is 14.0. The minimum atomic E-state index is 0.291. The van der Waals surface area contributed by atoms with E-state index in [-0.39, 0.29) is 0 Å². The molecule has 0 amide bonds. The fraction of sp³-hybridized carbons (Fsp3) is 0.417. The quantitative estimate of drug-likeness (QED) is 0.723. The number of nitrogens with zero attached hydrogens (tertiary/aromatic N) is 1. The van der Waals surface area contributed by atoms with Gasteiger partial charge in [-0.1, -0.05) is 0 Å². The molecule has 15 heavy (non-hydrogen) atoms. The number of rotatable bonds is 1. The highest BCUT2D eigenvalue weighted by Crippen LogP contribution is 2.34. The van der Waals surface area contributed by atoms with Gasteiger partial charge in [-0.05, 0) is 24.3 Å². The molecule has 1 aromatic heterocycles. The van der Waals surface area contributed by atoms with Gasteiger partial charge in [-0.25, -0.2) is 0 Å². The summed E-state index contributed by atoms with van der Waals surface area (Å²) in [6.45, 7) is 1.11. The number of thiophene rings is 1. The van der Waals surface area contributed by atoms with Crippen LogP contribution in [0.15, 0.2) is 22.9 Å². The van der Waals surface area contributed by atoms with Crippen LogP contribution in [0.2, 0.25) is 0 Å². The second-order valence-corrected chi connectivity index (χ2v) is 4.98. The molecule has 0 aliphatic carbocycles. The normalized spacial score (nSPS) is 25.3. The van der Waals surface area contributed by atoms with Crippen LogP contribution in [0.3, 0.4) is 0 Å². The zero-order chi connectivity index (χ0) is 10.3. The molecule has 1 fully saturated rings. The lowest BCUT2D eigenvalue weighted by molar-refractivity contribution is -0.115. The number of ketones is 1. The van der Waals surface area contributed by atoms with Crippen molar-refractivity contribution in [1.29, 1.82) is 0 Å². The maximum absolute atomic E-state index is 11.6. The maximum Gasteiger partial charge on any atom is 0.159 e. The largest absolute Gasteiger partial charge is 0.367 e. The van der Waals surface area contributed by atoms with Gasteiger partial charge in [0.2, 0.25) is 0 Å². The SMILES string of the molecule is O=C1C=C(c2ccsc2)N2CCC[C@@H]2C1. The zero-order valence-corrected chi connectivity index (χ0v) is 9.30. The van der Waals surface area contributed by atoms with E-state index < -0.39 is 0 Å². The van der Waals surface area contributed by atoms with Crippen molar-refractivity contribution in [2.75, 3.05) is 6.54 Å². The highest BCUT2D eigenvalue weighted by Gasteiger charge is 2.32. The Hall–Kier alpha value is -1.09. The molecular formula is C12H13NOS. The van der Waals surface area contributed by atoms with Crippen molar-refractivity contribution in [2.24, 2.45) is 0 Å². The molecule has 0 N–H and O–H groups in total. The topological polar surface area (TPSA) is 20.3 Å². The molecule has 3 heterocycles. The molecule has 78 valence electrons. The van der Waals surface area contributed by atoms with E-state index >= 15 is 0 Å². The summed E-state index contributed by atoms with van der Waals surface area (Å²) in [7, 11) is 0. The van der Waals surface area contributed by atoms with Crippen LogP contribution in [-0.4, -0.2) is 23.3 Å². The van der Waals surface area contributed by atoms with Gasteiger partial charge in [-0.15, -0.1) is 0 Å². The molecule has 0 aromatic carbocycles. The van der Waals surface area contributed by atoms with Crippen LogP contribution in [0.25, 0.3) is 5.70 Å². The van der Waals surface area contributed by atoms with E-state index in [1.807, 2.05) is 6.08 Å². The maximum atomic E-state index is 11.6. The van der Waals surface area contributed by atoms with Crippen molar-refractivity contribution in [3.63, 3.8) is 0 Å². The number of allylic oxidation sites excluding steroid dienone is 1. The molecule has 1 atom stereocenters. The van der Waals surface area contributed by atoms with Crippen molar-refractivity contribution >= 4 is 22.8 Å². The molecular weight excluding hydrogens is 206 g/mol. The number of carbonyl (C=O) groups excluding carboxylic acids is 1. The highest BCUT2D eigenvalue weighted by atomic mass is 32.1. The molecule has 0 radical (unpaired) electrons. The molecule has 2 nitrogen and oxygen atoms in total. The molecule has 3 heteroatoms. The van der Waals surface area contributed by atoms with Crippen LogP contribution in [0.5, 0.6) is 0 Å². The first-order chi connectivity index (χ1) is 7.34. The van der Waals surface area contributed by atoms with E-state index in [4.69, 9.17) is 0 Å². The van der Waals surface area contributed by atoms with E-state index in [1.165, 1.54) is 18.4 Å². The Morgan fingerprint density at radius 1 is 1.47 bits per heavy atom. The third-order valence-corrected chi connectivity index (χ3v) is 3.92. The van der Waals surface area contributed by atoms with Gasteiger partial charge in [0.1, 0.15) is 0 Å². The lowest BCUT2D eigenvalue weighted by Crippen LogP contribution is -2.33. The van der Waals surface area contributed by atoms with Crippen LogP contribution in [0, 0.1) is 0 Å². The number of carbonyl (C=O) groups is 1. The number of hydrogen-bond donors (Lipinski definition) is 0. The van der Waals surface area contributed by atoms with Gasteiger partial charge >= 0.3 is 0 Å². The first kappa shape index (κ1) is 9.16. The third-order valence-electron chi connectivity index (χ3n) is 3.24. The molecule has 1 saturated heterocycles. The van der Waals surface area contributed by atoms with Crippen LogP contribution in [0.1, 0.15) is 24.8 Å². The van der Waals surface area contributed by atoms with E-state index in [1.54, 1.807) is 11.3 Å². The van der Waals surface area contributed by atoms with E-state index in [0.717, 1.165) is 12.2 Å². The number of fused-ring (bicyclic) bond motifs is 1. The molecule has 2 aliphatic rings. The minimum Gasteiger partial charge on any atom is -0.367 e. The predicted molar refractivity (Wildman–Crippen MR) is 61.6 cm³/mol. The van der Waals surface area contributed by atoms with E-state index in [9.17, 15) is 4.79 Å². The van der Waals surface area contributed by atoms with Gasteiger partial charge in [0.25, 0.3) is 0 Å². The lowest BCUT2D eigenvalue weighted by Gasteiger charge is -2.31. The Bertz CT molecular complexity index is 407. The van der Waals surface area contributed by atoms with Crippen molar-refractivity contribution in [3.8, 4) is 0 Å². The van der Waals surface area contributed by atoms with Crippen LogP contribution < -0.4 is 0 Å². The van der Waals surface area contributed by atoms with Crippen LogP contribution in [-0.2, 0) is 4.79 Å². The summed E-state index contributed by atoms with van der Waals surface area (Å²) in [6, 6.07) is 2.57. The van der Waals surface area contributed by atoms with E-state index in [0.29, 0.717) is 18.2 Å². The summed E-state index contributed by atoms with van der Waals surface area (Å²) in [5.74, 6) is 0.291. The molecule has 0 unspecified atom stereocenters. The standard InChI is InChI=1S/C12H13NOS/c14-11-6-10-2-1-4-13(10)12(7-11)9-3-5-15-8-9/h3,5,7-8,10H,1-2,4,6H2/t10-/m1/s1. The fourth-order valence-corrected chi connectivity index (χ4v) is 3.20. The Kier molecular flexibility index (Phi) is 2.13. The third kappa shape index (κ3) is 1.51. The Labute approximate surface area is 93.2 Å². The minimum absolute atomic E-state index is 0.291. The fourth-order valence-electron chi connectivity index (χ4n) is 2.55. The summed E-state index contributed by atoms with van der Waals surface area (Å²) in [5, 5.41) is 4.19. The van der Waals surface area contributed by atoms with Crippen molar-refractivity contribution in [2.45, 2.75) is 25.3 Å². The molecule has 3 rings (SSSR count). The molecule has 0 saturated carbocycles. The van der Waals surface area contributed by atoms with Gasteiger partial charge < -0.3 is 4.90 Å². The van der Waals surface area contributed by atoms with Gasteiger partial charge in [0, 0.05) is 41.7 Å². The molecule has 0 spiro atoms. The summed E-state index contributed by atoms with van der Waals surface area (Å²) in [6.07, 6.45) is 4.93. The Balaban J connectivity index is 2.01. The first-order valence-corrected chi connectivity index (χ1v) is 6.32. The van der Waals surface area contributed by atoms with Crippen LogP contribution >= 0.6 is 11.3 Å². The molecule has 2 aliphatic heterocycles. The van der Waals surface area contributed by atoms with Gasteiger partial charge in [-0.3, -0.25) is 4.79 Å². The molecule has 1 aromatic rings. The van der Waals surface area contributed by atoms with E-state index in [2.05, 4.69) is 21.7 Å². The average Bonchev–Trinajstić information content (AvgIpc) is 2.86. The summed E-state index contributed by atoms with van der Waals surface area (Å²) in [5.41, 5.74) is 2.36. The van der Waals surface area contributed by atoms with Gasteiger partial charge in [-0.2, -0.15) is 11.3 Å². The zero-order valence-electron chi connectivity index (χ0n) is 8.48. The summed E-state index contributed by atoms with van der Waals surface area (Å²) >= 11 is 1.69. The van der Waals surface area contributed by atoms with Crippen molar-refractivity contribution in [3.05, 3.63) is 28.5 Å². The Morgan fingerprint density at radius 2 is 2.40 bits per heavy atom. The van der Waals surface area contributed by atoms with Crippen LogP contribution in [0.4, 0.5) is 0 Å². The first-order valence-electron chi connectivity index (χ1n) is 5.38. The second-order valence-electron chi connectivity index (χ2n) is 4.20. The van der Waals surface area contributed by atoms with Crippen molar-refractivity contribution < 1.29 is 4.79 Å².